The molecule has 0 atom stereocenters. The largest absolute Gasteiger partial charge is 0.457 e. The highest BCUT2D eigenvalue weighted by molar-refractivity contribution is 9.10. The third kappa shape index (κ3) is 3.32. The molecule has 0 heterocycles. The van der Waals surface area contributed by atoms with Crippen molar-refractivity contribution in [1.82, 2.24) is 0 Å². The van der Waals surface area contributed by atoms with Crippen molar-refractivity contribution < 1.29 is 17.9 Å². The number of hydrogen-bond donors (Lipinski definition) is 0. The molecule has 0 amide bonds. The van der Waals surface area contributed by atoms with Gasteiger partial charge < -0.3 is 4.74 Å². The summed E-state index contributed by atoms with van der Waals surface area (Å²) in [6.07, 6.45) is 0. The average molecular weight is 293 g/mol. The Kier molecular flexibility index (Phi) is 3.87. The molecule has 0 aliphatic carbocycles. The Morgan fingerprint density at radius 3 is 2.33 bits per heavy atom. The fourth-order valence-electron chi connectivity index (χ4n) is 0.986. The van der Waals surface area contributed by atoms with Crippen molar-refractivity contribution in [2.45, 2.75) is 5.75 Å². The standard InChI is InChI=1S/C9H9BrO4S/c1-14-9(11)15(12,13)6-7-2-4-8(10)5-3-7/h2-5H,6H2,1H3. The number of halogens is 1. The van der Waals surface area contributed by atoms with Gasteiger partial charge in [0.05, 0.1) is 12.9 Å². The van der Waals surface area contributed by atoms with Gasteiger partial charge in [0.15, 0.2) is 0 Å². The zero-order chi connectivity index (χ0) is 11.5. The van der Waals surface area contributed by atoms with Crippen LogP contribution in [0.5, 0.6) is 0 Å². The van der Waals surface area contributed by atoms with Crippen molar-refractivity contribution in [3.8, 4) is 0 Å². The molecule has 82 valence electrons. The number of methoxy groups -OCH3 is 1. The molecule has 1 rings (SSSR count). The number of carbonyl (C=O) groups is 1. The zero-order valence-corrected chi connectivity index (χ0v) is 10.3. The normalized spacial score (nSPS) is 11.1. The topological polar surface area (TPSA) is 60.4 Å². The molecule has 0 aromatic heterocycles. The van der Waals surface area contributed by atoms with Crippen LogP contribution in [-0.2, 0) is 20.3 Å². The van der Waals surface area contributed by atoms with Gasteiger partial charge in [0.2, 0.25) is 0 Å². The second-order valence-corrected chi connectivity index (χ2v) is 5.61. The number of ether oxygens (including phenoxy) is 1. The summed E-state index contributed by atoms with van der Waals surface area (Å²) >= 11 is 3.23. The zero-order valence-electron chi connectivity index (χ0n) is 7.94. The Balaban J connectivity index is 2.87. The van der Waals surface area contributed by atoms with Crippen molar-refractivity contribution in [2.24, 2.45) is 0 Å². The van der Waals surface area contributed by atoms with Crippen LogP contribution >= 0.6 is 15.9 Å². The molecule has 0 spiro atoms. The Hall–Kier alpha value is -0.880. The molecule has 0 bridgehead atoms. The lowest BCUT2D eigenvalue weighted by molar-refractivity contribution is 0.197. The van der Waals surface area contributed by atoms with Gasteiger partial charge in [0.1, 0.15) is 0 Å². The average Bonchev–Trinajstić information content (AvgIpc) is 2.20. The Morgan fingerprint density at radius 2 is 1.87 bits per heavy atom. The van der Waals surface area contributed by atoms with E-state index in [-0.39, 0.29) is 5.75 Å². The summed E-state index contributed by atoms with van der Waals surface area (Å²) in [6, 6.07) is 6.68. The van der Waals surface area contributed by atoms with Gasteiger partial charge in [-0.3, -0.25) is 0 Å². The van der Waals surface area contributed by atoms with Gasteiger partial charge in [-0.15, -0.1) is 0 Å². The maximum absolute atomic E-state index is 11.3. The van der Waals surface area contributed by atoms with Gasteiger partial charge in [-0.25, -0.2) is 13.2 Å². The van der Waals surface area contributed by atoms with Gasteiger partial charge in [-0.05, 0) is 17.7 Å². The van der Waals surface area contributed by atoms with Crippen LogP contribution in [0.2, 0.25) is 0 Å². The molecule has 0 saturated heterocycles. The lowest BCUT2D eigenvalue weighted by Crippen LogP contribution is -2.16. The first-order chi connectivity index (χ1) is 6.95. The summed E-state index contributed by atoms with van der Waals surface area (Å²) < 4.78 is 27.7. The van der Waals surface area contributed by atoms with Crippen molar-refractivity contribution in [3.05, 3.63) is 34.3 Å². The van der Waals surface area contributed by atoms with Gasteiger partial charge in [-0.2, -0.15) is 0 Å². The molecule has 0 radical (unpaired) electrons. The van der Waals surface area contributed by atoms with Gasteiger partial charge in [0.25, 0.3) is 9.84 Å². The fourth-order valence-corrected chi connectivity index (χ4v) is 2.25. The molecule has 0 aliphatic heterocycles. The molecule has 0 saturated carbocycles. The second-order valence-electron chi connectivity index (χ2n) is 2.84. The molecule has 1 aromatic carbocycles. The van der Waals surface area contributed by atoms with Crippen LogP contribution in [0.4, 0.5) is 4.79 Å². The monoisotopic (exact) mass is 292 g/mol. The van der Waals surface area contributed by atoms with E-state index in [1.54, 1.807) is 24.3 Å². The molecular weight excluding hydrogens is 284 g/mol. The summed E-state index contributed by atoms with van der Waals surface area (Å²) in [5.74, 6) is -0.340. The smallest absolute Gasteiger partial charge is 0.424 e. The first-order valence-electron chi connectivity index (χ1n) is 4.01. The number of benzene rings is 1. The van der Waals surface area contributed by atoms with E-state index in [0.29, 0.717) is 5.56 Å². The third-order valence-electron chi connectivity index (χ3n) is 1.69. The van der Waals surface area contributed by atoms with E-state index in [0.717, 1.165) is 11.6 Å². The maximum Gasteiger partial charge on any atom is 0.424 e. The SMILES string of the molecule is COC(=O)S(=O)(=O)Cc1ccc(Br)cc1. The fraction of sp³-hybridized carbons (Fsp3) is 0.222. The molecule has 0 N–H and O–H groups in total. The van der Waals surface area contributed by atoms with E-state index < -0.39 is 15.1 Å². The van der Waals surface area contributed by atoms with E-state index in [1.807, 2.05) is 0 Å². The van der Waals surface area contributed by atoms with Crippen LogP contribution in [0.25, 0.3) is 0 Å². The van der Waals surface area contributed by atoms with Crippen molar-refractivity contribution in [1.29, 1.82) is 0 Å². The summed E-state index contributed by atoms with van der Waals surface area (Å²) in [7, 11) is -2.81. The molecule has 0 fully saturated rings. The highest BCUT2D eigenvalue weighted by atomic mass is 79.9. The van der Waals surface area contributed by atoms with E-state index in [4.69, 9.17) is 0 Å². The lowest BCUT2D eigenvalue weighted by atomic mass is 10.2. The Labute approximate surface area is 96.3 Å². The van der Waals surface area contributed by atoms with E-state index in [1.165, 1.54) is 0 Å². The van der Waals surface area contributed by atoms with Gasteiger partial charge in [0, 0.05) is 4.47 Å². The first kappa shape index (κ1) is 12.2. The predicted octanol–water partition coefficient (Wildman–Crippen LogP) is 2.13. The first-order valence-corrected chi connectivity index (χ1v) is 6.45. The molecular formula is C9H9BrO4S. The highest BCUT2D eigenvalue weighted by Gasteiger charge is 2.23. The maximum atomic E-state index is 11.3. The van der Waals surface area contributed by atoms with Crippen molar-refractivity contribution in [3.63, 3.8) is 0 Å². The minimum atomic E-state index is -3.85. The van der Waals surface area contributed by atoms with E-state index in [2.05, 4.69) is 20.7 Å². The molecule has 15 heavy (non-hydrogen) atoms. The second kappa shape index (κ2) is 4.76. The molecule has 0 aliphatic rings. The van der Waals surface area contributed by atoms with E-state index in [9.17, 15) is 13.2 Å². The van der Waals surface area contributed by atoms with Crippen LogP contribution < -0.4 is 0 Å². The summed E-state index contributed by atoms with van der Waals surface area (Å²) in [4.78, 5) is 10.9. The molecule has 6 heteroatoms. The summed E-state index contributed by atoms with van der Waals surface area (Å²) in [5, 5.41) is -1.20. The van der Waals surface area contributed by atoms with E-state index >= 15 is 0 Å². The Bertz CT molecular complexity index is 450. The van der Waals surface area contributed by atoms with Crippen LogP contribution in [-0.4, -0.2) is 20.8 Å². The van der Waals surface area contributed by atoms with Gasteiger partial charge in [-0.1, -0.05) is 28.1 Å². The van der Waals surface area contributed by atoms with Crippen molar-refractivity contribution >= 4 is 31.1 Å². The number of rotatable bonds is 2. The van der Waals surface area contributed by atoms with Crippen molar-refractivity contribution in [2.75, 3.05) is 7.11 Å². The van der Waals surface area contributed by atoms with Crippen LogP contribution in [0.1, 0.15) is 5.56 Å². The molecule has 0 unspecified atom stereocenters. The summed E-state index contributed by atoms with van der Waals surface area (Å²) in [6.45, 7) is 0. The quantitative estimate of drug-likeness (QED) is 0.784. The minimum Gasteiger partial charge on any atom is -0.457 e. The molecule has 4 nitrogen and oxygen atoms in total. The van der Waals surface area contributed by atoms with Crippen LogP contribution in [0.15, 0.2) is 28.7 Å². The summed E-state index contributed by atoms with van der Waals surface area (Å²) in [5.41, 5.74) is 0.545. The van der Waals surface area contributed by atoms with Gasteiger partial charge >= 0.3 is 5.30 Å². The van der Waals surface area contributed by atoms with Crippen LogP contribution in [0, 0.1) is 0 Å². The van der Waals surface area contributed by atoms with Crippen LogP contribution in [0.3, 0.4) is 0 Å². The number of sulfone groups is 1. The number of hydrogen-bond acceptors (Lipinski definition) is 4. The molecule has 1 aromatic rings. The lowest BCUT2D eigenvalue weighted by Gasteiger charge is -2.02. The highest BCUT2D eigenvalue weighted by Crippen LogP contribution is 2.13. The Morgan fingerprint density at radius 1 is 1.33 bits per heavy atom. The minimum absolute atomic E-state index is 0.340. The predicted molar refractivity (Wildman–Crippen MR) is 59.2 cm³/mol. The third-order valence-corrected chi connectivity index (χ3v) is 3.61. The number of carbonyl (C=O) groups excluding carboxylic acids is 1.